The molecule has 0 unspecified atom stereocenters. The van der Waals surface area contributed by atoms with Crippen LogP contribution in [0.3, 0.4) is 0 Å². The van der Waals surface area contributed by atoms with Gasteiger partial charge in [0.25, 0.3) is 5.91 Å². The SMILES string of the molecule is COc1c(O)cc(C=NNC(=O)c2cccc(Br)c2)cc1Br. The molecule has 0 bridgehead atoms. The molecular formula is C15H12Br2N2O3. The fraction of sp³-hybridized carbons (Fsp3) is 0.0667. The van der Waals surface area contributed by atoms with Crippen molar-refractivity contribution in [2.75, 3.05) is 7.11 Å². The fourth-order valence-electron chi connectivity index (χ4n) is 1.74. The molecule has 0 aliphatic rings. The number of nitrogens with zero attached hydrogens (tertiary/aromatic N) is 1. The van der Waals surface area contributed by atoms with Crippen molar-refractivity contribution in [1.82, 2.24) is 5.43 Å². The first-order chi connectivity index (χ1) is 10.5. The number of amides is 1. The molecule has 0 heterocycles. The number of carbonyl (C=O) groups excluding carboxylic acids is 1. The van der Waals surface area contributed by atoms with Gasteiger partial charge in [-0.15, -0.1) is 0 Å². The summed E-state index contributed by atoms with van der Waals surface area (Å²) in [5, 5.41) is 13.7. The maximum atomic E-state index is 11.9. The summed E-state index contributed by atoms with van der Waals surface area (Å²) in [5.74, 6) is 0.00121. The fourth-order valence-corrected chi connectivity index (χ4v) is 2.76. The summed E-state index contributed by atoms with van der Waals surface area (Å²) in [6.45, 7) is 0. The lowest BCUT2D eigenvalue weighted by Crippen LogP contribution is -2.17. The first-order valence-electron chi connectivity index (χ1n) is 6.16. The van der Waals surface area contributed by atoms with Crippen LogP contribution in [-0.2, 0) is 0 Å². The molecule has 22 heavy (non-hydrogen) atoms. The molecule has 2 rings (SSSR count). The lowest BCUT2D eigenvalue weighted by Gasteiger charge is -2.06. The molecule has 5 nitrogen and oxygen atoms in total. The molecular weight excluding hydrogens is 416 g/mol. The van der Waals surface area contributed by atoms with Crippen LogP contribution < -0.4 is 10.2 Å². The molecule has 0 spiro atoms. The summed E-state index contributed by atoms with van der Waals surface area (Å²) in [6.07, 6.45) is 1.43. The van der Waals surface area contributed by atoms with E-state index in [9.17, 15) is 9.90 Å². The molecule has 0 aliphatic carbocycles. The number of methoxy groups -OCH3 is 1. The zero-order valence-electron chi connectivity index (χ0n) is 11.5. The molecule has 0 radical (unpaired) electrons. The first-order valence-corrected chi connectivity index (χ1v) is 7.75. The molecule has 0 aromatic heterocycles. The standard InChI is InChI=1S/C15H12Br2N2O3/c1-22-14-12(17)5-9(6-13(14)20)8-18-19-15(21)10-3-2-4-11(16)7-10/h2-8,20H,1H3,(H,19,21). The number of hydrazone groups is 1. The number of hydrogen-bond donors (Lipinski definition) is 2. The van der Waals surface area contributed by atoms with Gasteiger partial charge in [0.15, 0.2) is 11.5 Å². The van der Waals surface area contributed by atoms with Crippen LogP contribution in [0.4, 0.5) is 0 Å². The maximum Gasteiger partial charge on any atom is 0.271 e. The predicted molar refractivity (Wildman–Crippen MR) is 91.6 cm³/mol. The lowest BCUT2D eigenvalue weighted by molar-refractivity contribution is 0.0955. The number of halogens is 2. The van der Waals surface area contributed by atoms with E-state index in [1.807, 2.05) is 6.07 Å². The maximum absolute atomic E-state index is 11.9. The number of aromatic hydroxyl groups is 1. The third kappa shape index (κ3) is 4.08. The Hall–Kier alpha value is -1.86. The Kier molecular flexibility index (Phi) is 5.57. The van der Waals surface area contributed by atoms with Gasteiger partial charge in [0, 0.05) is 10.0 Å². The van der Waals surface area contributed by atoms with Gasteiger partial charge in [0.1, 0.15) is 0 Å². The average molecular weight is 428 g/mol. The first kappa shape index (κ1) is 16.5. The summed E-state index contributed by atoms with van der Waals surface area (Å²) < 4.78 is 6.43. The monoisotopic (exact) mass is 426 g/mol. The second-order valence-electron chi connectivity index (χ2n) is 4.26. The van der Waals surface area contributed by atoms with Crippen LogP contribution in [0.1, 0.15) is 15.9 Å². The normalized spacial score (nSPS) is 10.7. The Morgan fingerprint density at radius 1 is 1.32 bits per heavy atom. The van der Waals surface area contributed by atoms with E-state index in [0.29, 0.717) is 21.3 Å². The lowest BCUT2D eigenvalue weighted by atomic mass is 10.2. The topological polar surface area (TPSA) is 70.9 Å². The highest BCUT2D eigenvalue weighted by Crippen LogP contribution is 2.34. The third-order valence-corrected chi connectivity index (χ3v) is 3.80. The highest BCUT2D eigenvalue weighted by Gasteiger charge is 2.08. The van der Waals surface area contributed by atoms with E-state index in [0.717, 1.165) is 4.47 Å². The van der Waals surface area contributed by atoms with Crippen LogP contribution in [0.15, 0.2) is 50.4 Å². The van der Waals surface area contributed by atoms with Crippen molar-refractivity contribution in [2.45, 2.75) is 0 Å². The van der Waals surface area contributed by atoms with Gasteiger partial charge < -0.3 is 9.84 Å². The van der Waals surface area contributed by atoms with E-state index >= 15 is 0 Å². The molecule has 2 aromatic carbocycles. The molecule has 0 saturated heterocycles. The minimum absolute atomic E-state index is 0.0170. The van der Waals surface area contributed by atoms with Crippen molar-refractivity contribution in [3.8, 4) is 11.5 Å². The molecule has 0 aliphatic heterocycles. The van der Waals surface area contributed by atoms with Gasteiger partial charge in [-0.25, -0.2) is 5.43 Å². The van der Waals surface area contributed by atoms with Crippen molar-refractivity contribution < 1.29 is 14.6 Å². The Bertz CT molecular complexity index is 709. The van der Waals surface area contributed by atoms with E-state index in [2.05, 4.69) is 42.4 Å². The minimum Gasteiger partial charge on any atom is -0.504 e. The molecule has 0 fully saturated rings. The smallest absolute Gasteiger partial charge is 0.271 e. The van der Waals surface area contributed by atoms with Crippen LogP contribution in [0.25, 0.3) is 0 Å². The van der Waals surface area contributed by atoms with Gasteiger partial charge in [0.2, 0.25) is 0 Å². The number of benzene rings is 2. The number of nitrogens with one attached hydrogen (secondary N) is 1. The van der Waals surface area contributed by atoms with Crippen molar-refractivity contribution in [3.63, 3.8) is 0 Å². The molecule has 2 N–H and O–H groups in total. The molecule has 114 valence electrons. The van der Waals surface area contributed by atoms with Crippen molar-refractivity contribution in [2.24, 2.45) is 5.10 Å². The molecule has 1 amide bonds. The van der Waals surface area contributed by atoms with Gasteiger partial charge in [-0.2, -0.15) is 5.10 Å². The molecule has 0 saturated carbocycles. The summed E-state index contributed by atoms with van der Waals surface area (Å²) in [6, 6.07) is 10.2. The van der Waals surface area contributed by atoms with Crippen LogP contribution in [-0.4, -0.2) is 24.3 Å². The summed E-state index contributed by atoms with van der Waals surface area (Å²) in [5.41, 5.74) is 3.53. The van der Waals surface area contributed by atoms with Crippen molar-refractivity contribution >= 4 is 44.0 Å². The van der Waals surface area contributed by atoms with Crippen molar-refractivity contribution in [3.05, 3.63) is 56.5 Å². The van der Waals surface area contributed by atoms with E-state index in [-0.39, 0.29) is 11.7 Å². The van der Waals surface area contributed by atoms with Gasteiger partial charge >= 0.3 is 0 Å². The summed E-state index contributed by atoms with van der Waals surface area (Å²) in [7, 11) is 1.46. The largest absolute Gasteiger partial charge is 0.504 e. The Morgan fingerprint density at radius 2 is 2.09 bits per heavy atom. The Morgan fingerprint density at radius 3 is 2.73 bits per heavy atom. The van der Waals surface area contributed by atoms with E-state index < -0.39 is 0 Å². The summed E-state index contributed by atoms with van der Waals surface area (Å²) in [4.78, 5) is 11.9. The van der Waals surface area contributed by atoms with Crippen LogP contribution >= 0.6 is 31.9 Å². The molecule has 2 aromatic rings. The van der Waals surface area contributed by atoms with E-state index in [1.165, 1.54) is 19.4 Å². The Labute approximate surface area is 144 Å². The van der Waals surface area contributed by atoms with Gasteiger partial charge in [-0.3, -0.25) is 4.79 Å². The summed E-state index contributed by atoms with van der Waals surface area (Å²) >= 11 is 6.59. The Balaban J connectivity index is 2.08. The van der Waals surface area contributed by atoms with Gasteiger partial charge in [-0.05, 0) is 51.8 Å². The second kappa shape index (κ2) is 7.42. The average Bonchev–Trinajstić information content (AvgIpc) is 2.47. The third-order valence-electron chi connectivity index (χ3n) is 2.72. The number of rotatable bonds is 4. The highest BCUT2D eigenvalue weighted by atomic mass is 79.9. The van der Waals surface area contributed by atoms with E-state index in [4.69, 9.17) is 4.74 Å². The van der Waals surface area contributed by atoms with Gasteiger partial charge in [0.05, 0.1) is 17.8 Å². The second-order valence-corrected chi connectivity index (χ2v) is 6.03. The van der Waals surface area contributed by atoms with Crippen LogP contribution in [0.2, 0.25) is 0 Å². The predicted octanol–water partition coefficient (Wildman–Crippen LogP) is 3.69. The zero-order valence-corrected chi connectivity index (χ0v) is 14.7. The number of hydrogen-bond acceptors (Lipinski definition) is 4. The zero-order chi connectivity index (χ0) is 16.1. The van der Waals surface area contributed by atoms with Gasteiger partial charge in [-0.1, -0.05) is 22.0 Å². The van der Waals surface area contributed by atoms with Crippen LogP contribution in [0, 0.1) is 0 Å². The molecule has 7 heteroatoms. The number of ether oxygens (including phenoxy) is 1. The highest BCUT2D eigenvalue weighted by molar-refractivity contribution is 9.10. The quantitative estimate of drug-likeness (QED) is 0.577. The molecule has 0 atom stereocenters. The number of phenols is 1. The van der Waals surface area contributed by atoms with Crippen LogP contribution in [0.5, 0.6) is 11.5 Å². The number of phenolic OH excluding ortho intramolecular Hbond substituents is 1. The number of carbonyl (C=O) groups is 1. The van der Waals surface area contributed by atoms with Crippen molar-refractivity contribution in [1.29, 1.82) is 0 Å². The minimum atomic E-state index is -0.325. The van der Waals surface area contributed by atoms with E-state index in [1.54, 1.807) is 24.3 Å².